The van der Waals surface area contributed by atoms with Gasteiger partial charge in [0, 0.05) is 0 Å². The Labute approximate surface area is 63.1 Å². The van der Waals surface area contributed by atoms with E-state index in [-0.39, 0.29) is 18.2 Å². The fourth-order valence-corrected chi connectivity index (χ4v) is 1.09. The summed E-state index contributed by atoms with van der Waals surface area (Å²) in [6, 6.07) is -0.165. The molecule has 0 aromatic heterocycles. The van der Waals surface area contributed by atoms with E-state index in [9.17, 15) is 0 Å². The third-order valence-corrected chi connectivity index (χ3v) is 1.60. The van der Waals surface area contributed by atoms with Gasteiger partial charge in [0.1, 0.15) is 11.9 Å². The minimum absolute atomic E-state index is 0.146. The maximum Gasteiger partial charge on any atom is 0.219 e. The van der Waals surface area contributed by atoms with Gasteiger partial charge < -0.3 is 16.8 Å². The van der Waals surface area contributed by atoms with Gasteiger partial charge in [-0.3, -0.25) is 4.99 Å². The molecule has 2 rings (SSSR count). The summed E-state index contributed by atoms with van der Waals surface area (Å²) in [7, 11) is 0. The lowest BCUT2D eigenvalue weighted by Gasteiger charge is -2.17. The molecule has 0 saturated carbocycles. The molecule has 0 radical (unpaired) electrons. The molecule has 58 valence electrons. The molecule has 2 aliphatic rings. The number of hydrogen-bond acceptors (Lipinski definition) is 6. The highest BCUT2D eigenvalue weighted by molar-refractivity contribution is 6.01. The summed E-state index contributed by atoms with van der Waals surface area (Å²) in [6.45, 7) is 0. The number of hydrogen-bond donors (Lipinski definition) is 3. The SMILES string of the molecule is NC1=NC2NC=NC2C(N)=N1. The molecule has 2 heterocycles. The van der Waals surface area contributed by atoms with Crippen molar-refractivity contribution in [3.63, 3.8) is 0 Å². The molecule has 6 heteroatoms. The average molecular weight is 152 g/mol. The number of fused-ring (bicyclic) bond motifs is 1. The predicted octanol–water partition coefficient (Wildman–Crippen LogP) is -2.00. The van der Waals surface area contributed by atoms with Crippen molar-refractivity contribution in [3.8, 4) is 0 Å². The van der Waals surface area contributed by atoms with E-state index < -0.39 is 0 Å². The maximum atomic E-state index is 5.55. The van der Waals surface area contributed by atoms with Crippen LogP contribution in [-0.2, 0) is 0 Å². The third kappa shape index (κ3) is 0.830. The predicted molar refractivity (Wildman–Crippen MR) is 42.4 cm³/mol. The van der Waals surface area contributed by atoms with Gasteiger partial charge in [-0.05, 0) is 0 Å². The van der Waals surface area contributed by atoms with Crippen molar-refractivity contribution in [2.75, 3.05) is 0 Å². The van der Waals surface area contributed by atoms with Crippen LogP contribution in [0.1, 0.15) is 0 Å². The van der Waals surface area contributed by atoms with Gasteiger partial charge in [0.2, 0.25) is 5.96 Å². The van der Waals surface area contributed by atoms with Crippen molar-refractivity contribution in [1.29, 1.82) is 0 Å². The van der Waals surface area contributed by atoms with Crippen LogP contribution in [0.2, 0.25) is 0 Å². The number of aliphatic imine (C=N–C) groups is 3. The maximum absolute atomic E-state index is 5.55. The van der Waals surface area contributed by atoms with Crippen LogP contribution in [0.15, 0.2) is 15.0 Å². The van der Waals surface area contributed by atoms with E-state index in [1.807, 2.05) is 0 Å². The Balaban J connectivity index is 2.33. The summed E-state index contributed by atoms with van der Waals surface area (Å²) in [5, 5.41) is 2.90. The lowest BCUT2D eigenvalue weighted by Crippen LogP contribution is -2.44. The number of guanidine groups is 1. The van der Waals surface area contributed by atoms with Gasteiger partial charge in [-0.15, -0.1) is 0 Å². The summed E-state index contributed by atoms with van der Waals surface area (Å²) < 4.78 is 0. The van der Waals surface area contributed by atoms with Crippen molar-refractivity contribution in [3.05, 3.63) is 0 Å². The van der Waals surface area contributed by atoms with Crippen LogP contribution in [0.25, 0.3) is 0 Å². The van der Waals surface area contributed by atoms with Crippen molar-refractivity contribution in [2.24, 2.45) is 26.4 Å². The molecule has 0 aliphatic carbocycles. The van der Waals surface area contributed by atoms with Gasteiger partial charge in [0.05, 0.1) is 6.34 Å². The second-order valence-corrected chi connectivity index (χ2v) is 2.36. The van der Waals surface area contributed by atoms with Crippen molar-refractivity contribution < 1.29 is 0 Å². The lowest BCUT2D eigenvalue weighted by atomic mass is 10.2. The van der Waals surface area contributed by atoms with Crippen molar-refractivity contribution >= 4 is 18.1 Å². The minimum atomic E-state index is -0.165. The number of rotatable bonds is 0. The summed E-state index contributed by atoms with van der Waals surface area (Å²) in [4.78, 5) is 11.8. The van der Waals surface area contributed by atoms with E-state index in [0.29, 0.717) is 5.84 Å². The van der Waals surface area contributed by atoms with Crippen LogP contribution in [-0.4, -0.2) is 30.3 Å². The molecule has 0 aromatic carbocycles. The monoisotopic (exact) mass is 152 g/mol. The van der Waals surface area contributed by atoms with Crippen LogP contribution >= 0.6 is 0 Å². The van der Waals surface area contributed by atoms with E-state index in [0.717, 1.165) is 0 Å². The molecule has 0 amide bonds. The number of nitrogens with zero attached hydrogens (tertiary/aromatic N) is 3. The molecule has 0 saturated heterocycles. The van der Waals surface area contributed by atoms with E-state index in [1.54, 1.807) is 6.34 Å². The summed E-state index contributed by atoms with van der Waals surface area (Å²) >= 11 is 0. The molecule has 5 N–H and O–H groups in total. The van der Waals surface area contributed by atoms with Crippen LogP contribution in [0.5, 0.6) is 0 Å². The Morgan fingerprint density at radius 2 is 2.27 bits per heavy atom. The summed E-state index contributed by atoms with van der Waals surface area (Å²) in [5.74, 6) is 0.630. The first-order chi connectivity index (χ1) is 5.27. The molecule has 11 heavy (non-hydrogen) atoms. The normalized spacial score (nSPS) is 33.8. The zero-order chi connectivity index (χ0) is 7.84. The Bertz CT molecular complexity index is 264. The molecular formula is C5H8N6. The van der Waals surface area contributed by atoms with E-state index >= 15 is 0 Å². The van der Waals surface area contributed by atoms with Gasteiger partial charge in [0.25, 0.3) is 0 Å². The van der Waals surface area contributed by atoms with Crippen LogP contribution in [0.3, 0.4) is 0 Å². The van der Waals surface area contributed by atoms with Crippen LogP contribution < -0.4 is 16.8 Å². The number of amidine groups is 1. The van der Waals surface area contributed by atoms with Gasteiger partial charge in [-0.25, -0.2) is 4.99 Å². The fourth-order valence-electron chi connectivity index (χ4n) is 1.09. The van der Waals surface area contributed by atoms with Gasteiger partial charge in [-0.1, -0.05) is 0 Å². The lowest BCUT2D eigenvalue weighted by molar-refractivity contribution is 0.627. The van der Waals surface area contributed by atoms with E-state index in [1.165, 1.54) is 0 Å². The molecule has 0 spiro atoms. The Morgan fingerprint density at radius 1 is 1.45 bits per heavy atom. The third-order valence-electron chi connectivity index (χ3n) is 1.60. The number of nitrogens with two attached hydrogens (primary N) is 2. The van der Waals surface area contributed by atoms with Crippen molar-refractivity contribution in [2.45, 2.75) is 12.2 Å². The first-order valence-electron chi connectivity index (χ1n) is 3.22. The Morgan fingerprint density at radius 3 is 3.09 bits per heavy atom. The standard InChI is InChI=1S/C5H8N6/c6-3-2-4(9-1-8-2)11-5(7)10-3/h1-2,4H,(H,8,9)(H4,6,7,10,11). The number of nitrogens with one attached hydrogen (secondary N) is 1. The van der Waals surface area contributed by atoms with E-state index in [4.69, 9.17) is 11.5 Å². The largest absolute Gasteiger partial charge is 0.385 e. The highest BCUT2D eigenvalue weighted by Gasteiger charge is 2.29. The molecule has 0 bridgehead atoms. The van der Waals surface area contributed by atoms with Crippen LogP contribution in [0, 0.1) is 0 Å². The molecule has 2 unspecified atom stereocenters. The summed E-state index contributed by atoms with van der Waals surface area (Å²) in [5.41, 5.74) is 10.9. The second-order valence-electron chi connectivity index (χ2n) is 2.36. The molecule has 0 fully saturated rings. The van der Waals surface area contributed by atoms with Crippen molar-refractivity contribution in [1.82, 2.24) is 5.32 Å². The van der Waals surface area contributed by atoms with Crippen LogP contribution in [0.4, 0.5) is 0 Å². The molecule has 0 aromatic rings. The quantitative estimate of drug-likeness (QED) is 0.374. The van der Waals surface area contributed by atoms with Gasteiger partial charge in [-0.2, -0.15) is 4.99 Å². The zero-order valence-electron chi connectivity index (χ0n) is 5.73. The zero-order valence-corrected chi connectivity index (χ0v) is 5.73. The van der Waals surface area contributed by atoms with E-state index in [2.05, 4.69) is 20.3 Å². The smallest absolute Gasteiger partial charge is 0.219 e. The topological polar surface area (TPSA) is 101 Å². The van der Waals surface area contributed by atoms with Gasteiger partial charge in [0.15, 0.2) is 6.17 Å². The minimum Gasteiger partial charge on any atom is -0.385 e. The highest BCUT2D eigenvalue weighted by atomic mass is 15.3. The highest BCUT2D eigenvalue weighted by Crippen LogP contribution is 2.09. The molecular weight excluding hydrogens is 144 g/mol. The second kappa shape index (κ2) is 1.94. The molecule has 6 nitrogen and oxygen atoms in total. The van der Waals surface area contributed by atoms with Gasteiger partial charge >= 0.3 is 0 Å². The fraction of sp³-hybridized carbons (Fsp3) is 0.400. The Kier molecular flexibility index (Phi) is 1.09. The average Bonchev–Trinajstić information content (AvgIpc) is 2.34. The Hall–Kier alpha value is -1.59. The first-order valence-corrected chi connectivity index (χ1v) is 3.22. The molecule has 2 atom stereocenters. The molecule has 2 aliphatic heterocycles. The first kappa shape index (κ1) is 6.14. The summed E-state index contributed by atoms with van der Waals surface area (Å²) in [6.07, 6.45) is 1.42.